The van der Waals surface area contributed by atoms with E-state index in [1.54, 1.807) is 0 Å². The second kappa shape index (κ2) is 4.89. The van der Waals surface area contributed by atoms with E-state index in [-0.39, 0.29) is 34.9 Å². The van der Waals surface area contributed by atoms with Gasteiger partial charge in [-0.05, 0) is 18.7 Å². The van der Waals surface area contributed by atoms with Crippen LogP contribution in [0.15, 0.2) is 18.2 Å². The van der Waals surface area contributed by atoms with Gasteiger partial charge >= 0.3 is 0 Å². The predicted molar refractivity (Wildman–Crippen MR) is 59.0 cm³/mol. The van der Waals surface area contributed by atoms with Crippen LogP contribution in [-0.4, -0.2) is 12.3 Å². The molecule has 0 saturated carbocycles. The van der Waals surface area contributed by atoms with Gasteiger partial charge in [-0.25, -0.2) is 8.78 Å². The number of rotatable bonds is 4. The molecule has 0 saturated heterocycles. The fraction of sp³-hybridized carbons (Fsp3) is 0.364. The van der Waals surface area contributed by atoms with Crippen LogP contribution in [0.2, 0.25) is 5.02 Å². The Bertz CT molecular complexity index is 401. The van der Waals surface area contributed by atoms with Gasteiger partial charge in [0.1, 0.15) is 0 Å². The SMILES string of the molecule is CC(F)(F)c1ccc(C(=O)CCN)c(Cl)c1. The fourth-order valence-corrected chi connectivity index (χ4v) is 1.57. The van der Waals surface area contributed by atoms with Gasteiger partial charge < -0.3 is 5.73 Å². The Hall–Kier alpha value is -1.00. The number of nitrogens with two attached hydrogens (primary N) is 1. The van der Waals surface area contributed by atoms with Gasteiger partial charge in [0.2, 0.25) is 0 Å². The molecule has 0 heterocycles. The van der Waals surface area contributed by atoms with Crippen LogP contribution in [0, 0.1) is 0 Å². The van der Waals surface area contributed by atoms with E-state index in [4.69, 9.17) is 17.3 Å². The third-order valence-corrected chi connectivity index (χ3v) is 2.46. The molecule has 0 atom stereocenters. The van der Waals surface area contributed by atoms with Gasteiger partial charge in [0.05, 0.1) is 5.02 Å². The number of carbonyl (C=O) groups is 1. The Morgan fingerprint density at radius 1 is 1.50 bits per heavy atom. The highest BCUT2D eigenvalue weighted by Crippen LogP contribution is 2.30. The summed E-state index contributed by atoms with van der Waals surface area (Å²) in [6, 6.07) is 3.63. The van der Waals surface area contributed by atoms with E-state index in [0.717, 1.165) is 13.0 Å². The molecular formula is C11H12ClF2NO. The Morgan fingerprint density at radius 2 is 2.12 bits per heavy atom. The highest BCUT2D eigenvalue weighted by molar-refractivity contribution is 6.34. The number of hydrogen-bond acceptors (Lipinski definition) is 2. The number of benzene rings is 1. The first kappa shape index (κ1) is 13.1. The molecular weight excluding hydrogens is 236 g/mol. The highest BCUT2D eigenvalue weighted by atomic mass is 35.5. The first-order chi connectivity index (χ1) is 7.36. The zero-order valence-electron chi connectivity index (χ0n) is 8.77. The number of carbonyl (C=O) groups excluding carboxylic acids is 1. The summed E-state index contributed by atoms with van der Waals surface area (Å²) in [6.45, 7) is 0.987. The normalized spacial score (nSPS) is 11.6. The molecule has 0 aliphatic heterocycles. The maximum absolute atomic E-state index is 13.0. The highest BCUT2D eigenvalue weighted by Gasteiger charge is 2.25. The van der Waals surface area contributed by atoms with E-state index < -0.39 is 5.92 Å². The second-order valence-corrected chi connectivity index (χ2v) is 3.95. The molecule has 0 aliphatic rings. The molecule has 0 radical (unpaired) electrons. The van der Waals surface area contributed by atoms with Crippen molar-refractivity contribution in [2.75, 3.05) is 6.54 Å². The smallest absolute Gasteiger partial charge is 0.270 e. The Morgan fingerprint density at radius 3 is 2.56 bits per heavy atom. The summed E-state index contributed by atoms with van der Waals surface area (Å²) in [5.41, 5.74) is 5.26. The minimum Gasteiger partial charge on any atom is -0.330 e. The van der Waals surface area contributed by atoms with Gasteiger partial charge in [-0.15, -0.1) is 0 Å². The molecule has 2 nitrogen and oxygen atoms in total. The van der Waals surface area contributed by atoms with Gasteiger partial charge in [0.15, 0.2) is 5.78 Å². The summed E-state index contributed by atoms with van der Waals surface area (Å²) in [6.07, 6.45) is 0.154. The Balaban J connectivity index is 3.05. The molecule has 1 rings (SSSR count). The van der Waals surface area contributed by atoms with Crippen molar-refractivity contribution in [3.8, 4) is 0 Å². The van der Waals surface area contributed by atoms with Crippen molar-refractivity contribution >= 4 is 17.4 Å². The lowest BCUT2D eigenvalue weighted by atomic mass is 10.0. The van der Waals surface area contributed by atoms with Gasteiger partial charge in [0.25, 0.3) is 5.92 Å². The van der Waals surface area contributed by atoms with Crippen LogP contribution in [0.3, 0.4) is 0 Å². The van der Waals surface area contributed by atoms with Crippen molar-refractivity contribution in [1.82, 2.24) is 0 Å². The quantitative estimate of drug-likeness (QED) is 0.832. The van der Waals surface area contributed by atoms with E-state index >= 15 is 0 Å². The van der Waals surface area contributed by atoms with Crippen LogP contribution < -0.4 is 5.73 Å². The van der Waals surface area contributed by atoms with Crippen molar-refractivity contribution in [3.05, 3.63) is 34.3 Å². The zero-order valence-corrected chi connectivity index (χ0v) is 9.52. The van der Waals surface area contributed by atoms with Crippen molar-refractivity contribution in [3.63, 3.8) is 0 Å². The molecule has 88 valence electrons. The standard InChI is InChI=1S/C11H12ClF2NO/c1-11(13,14)7-2-3-8(9(12)6-7)10(16)4-5-15/h2-3,6H,4-5,15H2,1H3. The average Bonchev–Trinajstić information content (AvgIpc) is 2.16. The average molecular weight is 248 g/mol. The minimum atomic E-state index is -2.96. The van der Waals surface area contributed by atoms with E-state index in [9.17, 15) is 13.6 Å². The molecule has 0 fully saturated rings. The number of hydrogen-bond donors (Lipinski definition) is 1. The fourth-order valence-electron chi connectivity index (χ4n) is 1.28. The summed E-state index contributed by atoms with van der Waals surface area (Å²) >= 11 is 5.77. The molecule has 0 aromatic heterocycles. The number of ketones is 1. The van der Waals surface area contributed by atoms with E-state index in [1.165, 1.54) is 12.1 Å². The van der Waals surface area contributed by atoms with Crippen molar-refractivity contribution in [2.45, 2.75) is 19.3 Å². The maximum atomic E-state index is 13.0. The molecule has 0 spiro atoms. The summed E-state index contributed by atoms with van der Waals surface area (Å²) in [4.78, 5) is 11.5. The third kappa shape index (κ3) is 3.00. The van der Waals surface area contributed by atoms with Crippen LogP contribution in [0.1, 0.15) is 29.3 Å². The maximum Gasteiger partial charge on any atom is 0.270 e. The summed E-state index contributed by atoms with van der Waals surface area (Å²) < 4.78 is 25.9. The lowest BCUT2D eigenvalue weighted by Gasteiger charge is -2.12. The molecule has 1 aromatic rings. The van der Waals surface area contributed by atoms with Gasteiger partial charge in [-0.3, -0.25) is 4.79 Å². The summed E-state index contributed by atoms with van der Waals surface area (Å²) in [5, 5.41) is 0.0393. The summed E-state index contributed by atoms with van der Waals surface area (Å²) in [5.74, 6) is -3.20. The molecule has 1 aromatic carbocycles. The van der Waals surface area contributed by atoms with E-state index in [0.29, 0.717) is 0 Å². The summed E-state index contributed by atoms with van der Waals surface area (Å²) in [7, 11) is 0. The van der Waals surface area contributed by atoms with Crippen LogP contribution >= 0.6 is 11.6 Å². The second-order valence-electron chi connectivity index (χ2n) is 3.54. The van der Waals surface area contributed by atoms with Crippen LogP contribution in [0.25, 0.3) is 0 Å². The zero-order chi connectivity index (χ0) is 12.3. The van der Waals surface area contributed by atoms with Crippen LogP contribution in [0.5, 0.6) is 0 Å². The van der Waals surface area contributed by atoms with Gasteiger partial charge in [-0.2, -0.15) is 0 Å². The molecule has 0 unspecified atom stereocenters. The molecule has 0 bridgehead atoms. The van der Waals surface area contributed by atoms with Crippen LogP contribution in [0.4, 0.5) is 8.78 Å². The lowest BCUT2D eigenvalue weighted by Crippen LogP contribution is -2.11. The van der Waals surface area contributed by atoms with Gasteiger partial charge in [-0.1, -0.05) is 17.7 Å². The minimum absolute atomic E-state index is 0.0393. The van der Waals surface area contributed by atoms with Crippen molar-refractivity contribution in [1.29, 1.82) is 0 Å². The van der Waals surface area contributed by atoms with Crippen molar-refractivity contribution < 1.29 is 13.6 Å². The first-order valence-corrected chi connectivity index (χ1v) is 5.15. The van der Waals surface area contributed by atoms with E-state index in [2.05, 4.69) is 0 Å². The number of Topliss-reactive ketones (excluding diaryl/α,β-unsaturated/α-hetero) is 1. The Labute approximate surface area is 97.4 Å². The third-order valence-electron chi connectivity index (χ3n) is 2.15. The molecule has 5 heteroatoms. The molecule has 16 heavy (non-hydrogen) atoms. The molecule has 0 amide bonds. The van der Waals surface area contributed by atoms with E-state index in [1.807, 2.05) is 0 Å². The van der Waals surface area contributed by atoms with Gasteiger partial charge in [0, 0.05) is 24.5 Å². The van der Waals surface area contributed by atoms with Crippen LogP contribution in [-0.2, 0) is 5.92 Å². The topological polar surface area (TPSA) is 43.1 Å². The van der Waals surface area contributed by atoms with Crippen molar-refractivity contribution in [2.24, 2.45) is 5.73 Å². The predicted octanol–water partition coefficient (Wildman–Crippen LogP) is 2.98. The molecule has 0 aliphatic carbocycles. The largest absolute Gasteiger partial charge is 0.330 e. The lowest BCUT2D eigenvalue weighted by molar-refractivity contribution is 0.0174. The Kier molecular flexibility index (Phi) is 3.99. The number of alkyl halides is 2. The molecule has 2 N–H and O–H groups in total. The number of halogens is 3. The first-order valence-electron chi connectivity index (χ1n) is 4.77. The monoisotopic (exact) mass is 247 g/mol.